The maximum Gasteiger partial charge on any atom is 0.247 e. The summed E-state index contributed by atoms with van der Waals surface area (Å²) in [6.07, 6.45) is 9.04. The van der Waals surface area contributed by atoms with Crippen LogP contribution < -0.4 is 25.3 Å². The van der Waals surface area contributed by atoms with E-state index in [1.807, 2.05) is 31.2 Å². The fourth-order valence-corrected chi connectivity index (χ4v) is 7.88. The van der Waals surface area contributed by atoms with Gasteiger partial charge < -0.3 is 20.3 Å². The van der Waals surface area contributed by atoms with Crippen molar-refractivity contribution in [2.75, 3.05) is 67.0 Å². The molecule has 3 aliphatic heterocycles. The zero-order valence-corrected chi connectivity index (χ0v) is 29.4. The number of piperazine rings is 1. The first-order chi connectivity index (χ1) is 24.3. The third kappa shape index (κ3) is 7.42. The second-order valence-electron chi connectivity index (χ2n) is 14.0. The fraction of sp³-hybridized carbons (Fsp3) is 0.500. The number of nitrogens with zero attached hydrogens (tertiary/aromatic N) is 6. The van der Waals surface area contributed by atoms with E-state index < -0.39 is 0 Å². The molecule has 0 bridgehead atoms. The van der Waals surface area contributed by atoms with E-state index in [-0.39, 0.29) is 17.8 Å². The maximum absolute atomic E-state index is 14.3. The van der Waals surface area contributed by atoms with Gasteiger partial charge in [0.05, 0.1) is 36.8 Å². The highest BCUT2D eigenvalue weighted by atomic mass is 19.1. The number of carbonyl (C=O) groups is 1. The number of piperidine rings is 1. The molecule has 2 N–H and O–H groups in total. The molecule has 266 valence electrons. The number of methoxy groups -OCH3 is 1. The van der Waals surface area contributed by atoms with Crippen LogP contribution in [0.4, 0.5) is 33.1 Å². The second kappa shape index (κ2) is 14.9. The second-order valence-corrected chi connectivity index (χ2v) is 14.0. The lowest BCUT2D eigenvalue weighted by molar-refractivity contribution is -0.111. The summed E-state index contributed by atoms with van der Waals surface area (Å²) in [7, 11) is 1.64. The molecule has 3 saturated heterocycles. The first-order valence-corrected chi connectivity index (χ1v) is 18.0. The van der Waals surface area contributed by atoms with Gasteiger partial charge in [0.1, 0.15) is 23.7 Å². The summed E-state index contributed by atoms with van der Waals surface area (Å²) in [5.41, 5.74) is 3.83. The Morgan fingerprint density at radius 3 is 2.62 bits per heavy atom. The Balaban J connectivity index is 1.07. The van der Waals surface area contributed by atoms with Crippen molar-refractivity contribution in [3.63, 3.8) is 0 Å². The Morgan fingerprint density at radius 2 is 1.88 bits per heavy atom. The van der Waals surface area contributed by atoms with E-state index in [2.05, 4.69) is 48.8 Å². The Hall–Kier alpha value is -4.26. The summed E-state index contributed by atoms with van der Waals surface area (Å²) < 4.78 is 20.1. The molecular weight excluding hydrogens is 635 g/mol. The van der Waals surface area contributed by atoms with Crippen molar-refractivity contribution in [1.29, 1.82) is 0 Å². The third-order valence-electron chi connectivity index (χ3n) is 10.8. The largest absolute Gasteiger partial charge is 0.494 e. The molecule has 11 nitrogen and oxygen atoms in total. The Bertz CT molecular complexity index is 1690. The summed E-state index contributed by atoms with van der Waals surface area (Å²) in [6, 6.07) is 12.9. The van der Waals surface area contributed by atoms with Crippen LogP contribution in [0.1, 0.15) is 50.2 Å². The number of hydrogen-bond donors (Lipinski definition) is 2. The van der Waals surface area contributed by atoms with E-state index >= 15 is 0 Å². The number of hydrogen-bond acceptors (Lipinski definition) is 10. The highest BCUT2D eigenvalue weighted by molar-refractivity contribution is 6.02. The topological polar surface area (TPSA) is 98.3 Å². The number of amides is 1. The van der Waals surface area contributed by atoms with E-state index in [4.69, 9.17) is 9.57 Å². The van der Waals surface area contributed by atoms with Gasteiger partial charge in [-0.15, -0.1) is 0 Å². The van der Waals surface area contributed by atoms with Gasteiger partial charge in [0, 0.05) is 63.0 Å². The number of nitrogens with one attached hydrogen (secondary N) is 2. The SMILES string of the molecule is C=CC(=O)Nc1cc(Nc2cc(N3OCCC3Cc3cccc(F)c3C)ncn2)c(OC)cc1N1CCC(N2CCN(C3CC3)C(C)C2)CC1. The lowest BCUT2D eigenvalue weighted by Gasteiger charge is -2.46. The first-order valence-electron chi connectivity index (χ1n) is 18.0. The summed E-state index contributed by atoms with van der Waals surface area (Å²) in [6.45, 7) is 13.6. The minimum absolute atomic E-state index is 0.00678. The monoisotopic (exact) mass is 684 g/mol. The van der Waals surface area contributed by atoms with E-state index in [0.717, 1.165) is 62.7 Å². The Kier molecular flexibility index (Phi) is 10.2. The zero-order chi connectivity index (χ0) is 34.8. The number of aromatic nitrogens is 2. The lowest BCUT2D eigenvalue weighted by Crippen LogP contribution is -2.57. The lowest BCUT2D eigenvalue weighted by atomic mass is 9.99. The molecule has 1 saturated carbocycles. The summed E-state index contributed by atoms with van der Waals surface area (Å²) >= 11 is 0. The van der Waals surface area contributed by atoms with Crippen LogP contribution in [0, 0.1) is 12.7 Å². The average Bonchev–Trinajstić information content (AvgIpc) is 3.87. The van der Waals surface area contributed by atoms with Crippen molar-refractivity contribution in [3.05, 3.63) is 72.3 Å². The molecule has 1 aliphatic carbocycles. The van der Waals surface area contributed by atoms with Crippen molar-refractivity contribution in [1.82, 2.24) is 19.8 Å². The molecule has 2 unspecified atom stereocenters. The molecule has 4 heterocycles. The minimum Gasteiger partial charge on any atom is -0.494 e. The molecule has 2 atom stereocenters. The maximum atomic E-state index is 14.3. The van der Waals surface area contributed by atoms with Crippen molar-refractivity contribution < 1.29 is 18.8 Å². The van der Waals surface area contributed by atoms with Crippen molar-refractivity contribution in [3.8, 4) is 5.75 Å². The predicted molar refractivity (Wildman–Crippen MR) is 195 cm³/mol. The smallest absolute Gasteiger partial charge is 0.247 e. The van der Waals surface area contributed by atoms with Gasteiger partial charge >= 0.3 is 0 Å². The van der Waals surface area contributed by atoms with Gasteiger partial charge in [-0.1, -0.05) is 18.7 Å². The van der Waals surface area contributed by atoms with Crippen LogP contribution in [0.15, 0.2) is 55.4 Å². The van der Waals surface area contributed by atoms with Gasteiger partial charge in [0.15, 0.2) is 5.82 Å². The van der Waals surface area contributed by atoms with Gasteiger partial charge in [-0.25, -0.2) is 19.4 Å². The number of ether oxygens (including phenoxy) is 1. The molecule has 7 rings (SSSR count). The van der Waals surface area contributed by atoms with Crippen LogP contribution in [0.5, 0.6) is 5.75 Å². The van der Waals surface area contributed by atoms with Gasteiger partial charge in [-0.3, -0.25) is 19.4 Å². The first kappa shape index (κ1) is 34.2. The number of hydroxylamine groups is 1. The van der Waals surface area contributed by atoms with E-state index in [0.29, 0.717) is 59.4 Å². The molecule has 2 aromatic carbocycles. The number of carbonyl (C=O) groups excluding carboxylic acids is 1. The Labute approximate surface area is 294 Å². The summed E-state index contributed by atoms with van der Waals surface area (Å²) in [4.78, 5) is 35.4. The van der Waals surface area contributed by atoms with Crippen molar-refractivity contribution in [2.24, 2.45) is 0 Å². The highest BCUT2D eigenvalue weighted by Crippen LogP contribution is 2.40. The van der Waals surface area contributed by atoms with Crippen molar-refractivity contribution in [2.45, 2.75) is 76.5 Å². The normalized spacial score (nSPS) is 22.1. The summed E-state index contributed by atoms with van der Waals surface area (Å²) in [5, 5.41) is 8.21. The van der Waals surface area contributed by atoms with E-state index in [1.165, 1.54) is 37.9 Å². The van der Waals surface area contributed by atoms with Crippen LogP contribution >= 0.6 is 0 Å². The molecular formula is C38H49FN8O3. The zero-order valence-electron chi connectivity index (χ0n) is 29.4. The molecule has 12 heteroatoms. The van der Waals surface area contributed by atoms with Crippen LogP contribution in [-0.2, 0) is 16.1 Å². The molecule has 50 heavy (non-hydrogen) atoms. The fourth-order valence-electron chi connectivity index (χ4n) is 7.88. The number of halogens is 1. The molecule has 0 radical (unpaired) electrons. The number of benzene rings is 2. The van der Waals surface area contributed by atoms with Gasteiger partial charge in [0.25, 0.3) is 0 Å². The predicted octanol–water partition coefficient (Wildman–Crippen LogP) is 5.69. The highest BCUT2D eigenvalue weighted by Gasteiger charge is 2.37. The van der Waals surface area contributed by atoms with Crippen LogP contribution in [-0.4, -0.2) is 96.3 Å². The molecule has 4 fully saturated rings. The molecule has 0 spiro atoms. The quantitative estimate of drug-likeness (QED) is 0.245. The molecule has 4 aliphatic rings. The van der Waals surface area contributed by atoms with Crippen LogP contribution in [0.2, 0.25) is 0 Å². The average molecular weight is 685 g/mol. The standard InChI is InChI=1S/C38H49FN8O3/c1-5-38(48)43-32-20-33(42-36-22-37(41-24-40-36)47-30(13-18-50-47)19-27-7-6-8-31(39)26(27)3)35(49-4)21-34(32)44-14-11-28(12-15-44)45-16-17-46(25(2)23-45)29-9-10-29/h5-8,20-22,24-25,28-30H,1,9-19,23H2,2-4H3,(H,43,48)(H,40,41,42). The third-order valence-corrected chi connectivity index (χ3v) is 10.8. The Morgan fingerprint density at radius 1 is 1.06 bits per heavy atom. The minimum atomic E-state index is -0.283. The van der Waals surface area contributed by atoms with E-state index in [9.17, 15) is 9.18 Å². The van der Waals surface area contributed by atoms with Crippen LogP contribution in [0.3, 0.4) is 0 Å². The van der Waals surface area contributed by atoms with Crippen LogP contribution in [0.25, 0.3) is 0 Å². The number of rotatable bonds is 11. The summed E-state index contributed by atoms with van der Waals surface area (Å²) in [5.74, 6) is 1.27. The molecule has 1 amide bonds. The van der Waals surface area contributed by atoms with Crippen molar-refractivity contribution >= 4 is 34.6 Å². The van der Waals surface area contributed by atoms with Gasteiger partial charge in [-0.2, -0.15) is 0 Å². The van der Waals surface area contributed by atoms with E-state index in [1.54, 1.807) is 18.2 Å². The van der Waals surface area contributed by atoms with Gasteiger partial charge in [0.2, 0.25) is 5.91 Å². The molecule has 3 aromatic rings. The van der Waals surface area contributed by atoms with Gasteiger partial charge in [-0.05, 0) is 81.7 Å². The molecule has 1 aromatic heterocycles. The number of anilines is 5.